The molecule has 1 aromatic rings. The Morgan fingerprint density at radius 1 is 1.10 bits per heavy atom. The van der Waals surface area contributed by atoms with Gasteiger partial charge in [-0.15, -0.1) is 0 Å². The summed E-state index contributed by atoms with van der Waals surface area (Å²) < 4.78 is 1.09. The zero-order valence-corrected chi connectivity index (χ0v) is 14.2. The third kappa shape index (κ3) is 2.72. The second-order valence-electron chi connectivity index (χ2n) is 7.29. The highest BCUT2D eigenvalue weighted by molar-refractivity contribution is 14.1. The van der Waals surface area contributed by atoms with Gasteiger partial charge in [0.1, 0.15) is 0 Å². The van der Waals surface area contributed by atoms with E-state index in [1.54, 1.807) is 0 Å². The van der Waals surface area contributed by atoms with Crippen LogP contribution >= 0.6 is 22.6 Å². The van der Waals surface area contributed by atoms with Crippen LogP contribution < -0.4 is 10.9 Å². The van der Waals surface area contributed by atoms with Crippen LogP contribution in [0.5, 0.6) is 0 Å². The minimum atomic E-state index is -0.00994. The van der Waals surface area contributed by atoms with Crippen LogP contribution in [0.2, 0.25) is 0 Å². The van der Waals surface area contributed by atoms with Crippen LogP contribution in [0.1, 0.15) is 48.9 Å². The van der Waals surface area contributed by atoms with Gasteiger partial charge in [0.15, 0.2) is 0 Å². The van der Waals surface area contributed by atoms with Crippen molar-refractivity contribution in [1.82, 2.24) is 10.9 Å². The first-order valence-corrected chi connectivity index (χ1v) is 9.03. The molecule has 2 N–H and O–H groups in total. The summed E-state index contributed by atoms with van der Waals surface area (Å²) in [6.45, 7) is 0. The SMILES string of the molecule is O=C(NNC12CC3CC(CC(C3)C1)C2)c1cccc(I)c1. The van der Waals surface area contributed by atoms with Gasteiger partial charge in [0.2, 0.25) is 0 Å². The Kier molecular flexibility index (Phi) is 3.49. The fourth-order valence-electron chi connectivity index (χ4n) is 5.15. The summed E-state index contributed by atoms with van der Waals surface area (Å²) in [5, 5.41) is 0. The average molecular weight is 396 g/mol. The zero-order valence-electron chi connectivity index (χ0n) is 12.1. The molecule has 4 saturated carbocycles. The Balaban J connectivity index is 1.44. The van der Waals surface area contributed by atoms with Crippen molar-refractivity contribution >= 4 is 28.5 Å². The molecule has 4 aliphatic rings. The van der Waals surface area contributed by atoms with Gasteiger partial charge in [-0.25, -0.2) is 5.43 Å². The molecule has 112 valence electrons. The van der Waals surface area contributed by atoms with Crippen molar-refractivity contribution in [3.8, 4) is 0 Å². The predicted molar refractivity (Wildman–Crippen MR) is 90.7 cm³/mol. The first kappa shape index (κ1) is 14.0. The van der Waals surface area contributed by atoms with Crippen LogP contribution in [0.15, 0.2) is 24.3 Å². The molecule has 0 aromatic heterocycles. The normalized spacial score (nSPS) is 36.7. The second-order valence-corrected chi connectivity index (χ2v) is 8.53. The number of hydrazine groups is 1. The van der Waals surface area contributed by atoms with E-state index < -0.39 is 0 Å². The quantitative estimate of drug-likeness (QED) is 0.607. The Morgan fingerprint density at radius 2 is 1.71 bits per heavy atom. The van der Waals surface area contributed by atoms with Crippen LogP contribution in [0, 0.1) is 21.3 Å². The van der Waals surface area contributed by atoms with E-state index in [1.165, 1.54) is 38.5 Å². The van der Waals surface area contributed by atoms with Crippen molar-refractivity contribution in [2.75, 3.05) is 0 Å². The number of halogens is 1. The zero-order chi connectivity index (χ0) is 14.4. The third-order valence-electron chi connectivity index (χ3n) is 5.57. The lowest BCUT2D eigenvalue weighted by molar-refractivity contribution is -0.0257. The molecule has 3 nitrogen and oxygen atoms in total. The number of hydrogen-bond donors (Lipinski definition) is 2. The van der Waals surface area contributed by atoms with Crippen LogP contribution in [0.3, 0.4) is 0 Å². The Hall–Kier alpha value is -0.620. The smallest absolute Gasteiger partial charge is 0.265 e. The molecule has 5 rings (SSSR count). The summed E-state index contributed by atoms with van der Waals surface area (Å²) in [7, 11) is 0. The first-order chi connectivity index (χ1) is 10.1. The minimum absolute atomic E-state index is 0.00994. The molecule has 0 heterocycles. The molecule has 4 aliphatic carbocycles. The number of hydrogen-bond acceptors (Lipinski definition) is 2. The van der Waals surface area contributed by atoms with Crippen molar-refractivity contribution in [3.05, 3.63) is 33.4 Å². The molecule has 4 fully saturated rings. The van der Waals surface area contributed by atoms with Crippen molar-refractivity contribution < 1.29 is 4.79 Å². The number of carbonyl (C=O) groups excluding carboxylic acids is 1. The van der Waals surface area contributed by atoms with Gasteiger partial charge in [-0.2, -0.15) is 0 Å². The molecule has 0 saturated heterocycles. The van der Waals surface area contributed by atoms with Gasteiger partial charge in [-0.3, -0.25) is 10.2 Å². The molecule has 1 amide bonds. The monoisotopic (exact) mass is 396 g/mol. The molecule has 0 spiro atoms. The third-order valence-corrected chi connectivity index (χ3v) is 6.24. The number of carbonyl (C=O) groups is 1. The van der Waals surface area contributed by atoms with Gasteiger partial charge in [-0.05, 0) is 97.1 Å². The topological polar surface area (TPSA) is 41.1 Å². The van der Waals surface area contributed by atoms with Crippen LogP contribution in [-0.4, -0.2) is 11.4 Å². The summed E-state index contributed by atoms with van der Waals surface area (Å²) in [5.41, 5.74) is 7.34. The van der Waals surface area contributed by atoms with E-state index in [-0.39, 0.29) is 11.4 Å². The highest BCUT2D eigenvalue weighted by Gasteiger charge is 2.51. The highest BCUT2D eigenvalue weighted by atomic mass is 127. The molecule has 4 heteroatoms. The summed E-state index contributed by atoms with van der Waals surface area (Å²) >= 11 is 2.24. The van der Waals surface area contributed by atoms with Gasteiger partial charge in [0.05, 0.1) is 0 Å². The van der Waals surface area contributed by atoms with Crippen molar-refractivity contribution in [3.63, 3.8) is 0 Å². The molecule has 0 radical (unpaired) electrons. The Morgan fingerprint density at radius 3 is 2.29 bits per heavy atom. The Labute approximate surface area is 139 Å². The van der Waals surface area contributed by atoms with E-state index in [0.29, 0.717) is 0 Å². The van der Waals surface area contributed by atoms with E-state index in [2.05, 4.69) is 33.4 Å². The lowest BCUT2D eigenvalue weighted by Gasteiger charge is -2.56. The van der Waals surface area contributed by atoms with E-state index >= 15 is 0 Å². The number of nitrogens with one attached hydrogen (secondary N) is 2. The number of benzene rings is 1. The summed E-state index contributed by atoms with van der Waals surface area (Å²) in [6.07, 6.45) is 7.99. The molecular weight excluding hydrogens is 375 g/mol. The predicted octanol–water partition coefficient (Wildman–Crippen LogP) is 3.49. The maximum absolute atomic E-state index is 12.3. The lowest BCUT2D eigenvalue weighted by Crippen LogP contribution is -2.62. The largest absolute Gasteiger partial charge is 0.287 e. The average Bonchev–Trinajstić information content (AvgIpc) is 2.43. The molecular formula is C17H21IN2O. The summed E-state index contributed by atoms with van der Waals surface area (Å²) in [4.78, 5) is 12.3. The Bertz CT molecular complexity index is 536. The van der Waals surface area contributed by atoms with Gasteiger partial charge < -0.3 is 0 Å². The number of rotatable bonds is 3. The lowest BCUT2D eigenvalue weighted by atomic mass is 9.53. The fourth-order valence-corrected chi connectivity index (χ4v) is 5.70. The number of amides is 1. The molecule has 1 aromatic carbocycles. The van der Waals surface area contributed by atoms with Crippen LogP contribution in [-0.2, 0) is 0 Å². The van der Waals surface area contributed by atoms with E-state index in [0.717, 1.165) is 26.9 Å². The summed E-state index contributed by atoms with van der Waals surface area (Å²) in [5.74, 6) is 2.65. The molecule has 0 atom stereocenters. The highest BCUT2D eigenvalue weighted by Crippen LogP contribution is 2.55. The fraction of sp³-hybridized carbons (Fsp3) is 0.588. The first-order valence-electron chi connectivity index (χ1n) is 7.95. The van der Waals surface area contributed by atoms with Gasteiger partial charge in [0.25, 0.3) is 5.91 Å². The maximum Gasteiger partial charge on any atom is 0.265 e. The standard InChI is InChI=1S/C17H21IN2O/c18-15-3-1-2-14(7-15)16(21)19-20-17-8-11-4-12(9-17)6-13(5-11)10-17/h1-3,7,11-13,20H,4-6,8-10H2,(H,19,21). The van der Waals surface area contributed by atoms with Crippen LogP contribution in [0.25, 0.3) is 0 Å². The molecule has 4 bridgehead atoms. The van der Waals surface area contributed by atoms with Crippen LogP contribution in [0.4, 0.5) is 0 Å². The van der Waals surface area contributed by atoms with Crippen molar-refractivity contribution in [2.24, 2.45) is 17.8 Å². The molecule has 0 aliphatic heterocycles. The van der Waals surface area contributed by atoms with Gasteiger partial charge in [-0.1, -0.05) is 6.07 Å². The van der Waals surface area contributed by atoms with E-state index in [9.17, 15) is 4.79 Å². The second kappa shape index (κ2) is 5.23. The minimum Gasteiger partial charge on any atom is -0.287 e. The van der Waals surface area contributed by atoms with E-state index in [4.69, 9.17) is 0 Å². The molecule has 21 heavy (non-hydrogen) atoms. The maximum atomic E-state index is 12.3. The van der Waals surface area contributed by atoms with Gasteiger partial charge >= 0.3 is 0 Å². The van der Waals surface area contributed by atoms with E-state index in [1.807, 2.05) is 24.3 Å². The van der Waals surface area contributed by atoms with Crippen molar-refractivity contribution in [2.45, 2.75) is 44.1 Å². The molecule has 0 unspecified atom stereocenters. The van der Waals surface area contributed by atoms with Gasteiger partial charge in [0, 0.05) is 14.7 Å². The summed E-state index contributed by atoms with van der Waals surface area (Å²) in [6, 6.07) is 7.74. The van der Waals surface area contributed by atoms with Crippen molar-refractivity contribution in [1.29, 1.82) is 0 Å².